The van der Waals surface area contributed by atoms with Gasteiger partial charge in [-0.1, -0.05) is 15.9 Å². The second kappa shape index (κ2) is 3.37. The first-order valence-corrected chi connectivity index (χ1v) is 4.29. The van der Waals surface area contributed by atoms with Gasteiger partial charge in [0, 0.05) is 0 Å². The molecule has 5 heteroatoms. The summed E-state index contributed by atoms with van der Waals surface area (Å²) in [7, 11) is 0. The monoisotopic (exact) mass is 226 g/mol. The summed E-state index contributed by atoms with van der Waals surface area (Å²) in [4.78, 5) is -0.617. The van der Waals surface area contributed by atoms with Crippen LogP contribution in [0.1, 0.15) is 6.92 Å². The number of halogens is 1. The molecule has 3 unspecified atom stereocenters. The fourth-order valence-corrected chi connectivity index (χ4v) is 1.45. The second-order valence-corrected chi connectivity index (χ2v) is 3.71. The number of alkyl halides is 1. The molecule has 1 rings (SSSR count). The van der Waals surface area contributed by atoms with Crippen LogP contribution in [0.25, 0.3) is 0 Å². The fraction of sp³-hybridized carbons (Fsp3) is 1.00. The van der Waals surface area contributed by atoms with Crippen molar-refractivity contribution < 1.29 is 20.1 Å². The highest BCUT2D eigenvalue weighted by Crippen LogP contribution is 2.24. The van der Waals surface area contributed by atoms with Gasteiger partial charge < -0.3 is 20.1 Å². The zero-order valence-corrected chi connectivity index (χ0v) is 7.60. The van der Waals surface area contributed by atoms with Crippen molar-refractivity contribution in [1.82, 2.24) is 0 Å². The SMILES string of the molecule is CC1OC(O)C(Br)[C@H](O)[C@H]1O. The van der Waals surface area contributed by atoms with Crippen molar-refractivity contribution in [3.05, 3.63) is 0 Å². The number of hydrogen-bond donors (Lipinski definition) is 3. The molecule has 11 heavy (non-hydrogen) atoms. The minimum absolute atomic E-state index is 0.534. The van der Waals surface area contributed by atoms with Crippen LogP contribution in [0.4, 0.5) is 0 Å². The van der Waals surface area contributed by atoms with Crippen LogP contribution in [-0.2, 0) is 4.74 Å². The van der Waals surface area contributed by atoms with Gasteiger partial charge in [-0.2, -0.15) is 0 Å². The summed E-state index contributed by atoms with van der Waals surface area (Å²) in [6, 6.07) is 0. The Kier molecular flexibility index (Phi) is 2.88. The first-order chi connectivity index (χ1) is 5.04. The average Bonchev–Trinajstić information content (AvgIpc) is 1.97. The van der Waals surface area contributed by atoms with Crippen LogP contribution in [0.15, 0.2) is 0 Å². The van der Waals surface area contributed by atoms with Gasteiger partial charge in [-0.3, -0.25) is 0 Å². The van der Waals surface area contributed by atoms with Gasteiger partial charge in [-0.25, -0.2) is 0 Å². The third-order valence-corrected chi connectivity index (χ3v) is 2.78. The van der Waals surface area contributed by atoms with Gasteiger partial charge in [0.25, 0.3) is 0 Å². The zero-order chi connectivity index (χ0) is 8.59. The minimum Gasteiger partial charge on any atom is -0.389 e. The lowest BCUT2D eigenvalue weighted by molar-refractivity contribution is -0.220. The molecule has 0 saturated carbocycles. The van der Waals surface area contributed by atoms with Crippen molar-refractivity contribution in [3.63, 3.8) is 0 Å². The molecule has 3 N–H and O–H groups in total. The molecule has 66 valence electrons. The zero-order valence-electron chi connectivity index (χ0n) is 6.01. The van der Waals surface area contributed by atoms with Crippen LogP contribution in [0.2, 0.25) is 0 Å². The van der Waals surface area contributed by atoms with Gasteiger partial charge in [-0.15, -0.1) is 0 Å². The third kappa shape index (κ3) is 1.73. The number of rotatable bonds is 0. The molecular weight excluding hydrogens is 216 g/mol. The van der Waals surface area contributed by atoms with Gasteiger partial charge in [0.05, 0.1) is 17.0 Å². The third-order valence-electron chi connectivity index (χ3n) is 1.78. The summed E-state index contributed by atoms with van der Waals surface area (Å²) >= 11 is 3.00. The molecule has 0 aliphatic carbocycles. The average molecular weight is 227 g/mol. The molecule has 1 heterocycles. The summed E-state index contributed by atoms with van der Waals surface area (Å²) < 4.78 is 4.88. The Morgan fingerprint density at radius 2 is 1.73 bits per heavy atom. The fourth-order valence-electron chi connectivity index (χ4n) is 1.01. The van der Waals surface area contributed by atoms with Gasteiger partial charge in [0.1, 0.15) is 6.10 Å². The Morgan fingerprint density at radius 1 is 1.18 bits per heavy atom. The molecule has 1 saturated heterocycles. The summed E-state index contributed by atoms with van der Waals surface area (Å²) in [5, 5.41) is 27.6. The maximum Gasteiger partial charge on any atom is 0.170 e. The minimum atomic E-state index is -1.05. The lowest BCUT2D eigenvalue weighted by Gasteiger charge is -2.36. The Labute approximate surface area is 72.9 Å². The molecule has 0 aromatic heterocycles. The molecule has 5 atom stereocenters. The van der Waals surface area contributed by atoms with Crippen molar-refractivity contribution >= 4 is 15.9 Å². The van der Waals surface area contributed by atoms with Gasteiger partial charge >= 0.3 is 0 Å². The molecule has 0 bridgehead atoms. The van der Waals surface area contributed by atoms with Crippen LogP contribution < -0.4 is 0 Å². The van der Waals surface area contributed by atoms with E-state index in [4.69, 9.17) is 9.84 Å². The first kappa shape index (κ1) is 9.41. The summed E-state index contributed by atoms with van der Waals surface area (Å²) in [6.07, 6.45) is -3.51. The molecule has 1 aliphatic rings. The highest BCUT2D eigenvalue weighted by Gasteiger charge is 2.40. The van der Waals surface area contributed by atoms with E-state index in [1.165, 1.54) is 0 Å². The number of hydrogen-bond acceptors (Lipinski definition) is 4. The van der Waals surface area contributed by atoms with Crippen molar-refractivity contribution in [2.24, 2.45) is 0 Å². The maximum atomic E-state index is 9.25. The smallest absolute Gasteiger partial charge is 0.170 e. The molecule has 4 nitrogen and oxygen atoms in total. The van der Waals surface area contributed by atoms with E-state index in [1.807, 2.05) is 0 Å². The highest BCUT2D eigenvalue weighted by atomic mass is 79.9. The van der Waals surface area contributed by atoms with Crippen molar-refractivity contribution in [3.8, 4) is 0 Å². The van der Waals surface area contributed by atoms with Crippen molar-refractivity contribution in [1.29, 1.82) is 0 Å². The Morgan fingerprint density at radius 3 is 2.27 bits per heavy atom. The maximum absolute atomic E-state index is 9.25. The Bertz CT molecular complexity index is 129. The van der Waals surface area contributed by atoms with Gasteiger partial charge in [0.15, 0.2) is 6.29 Å². The topological polar surface area (TPSA) is 69.9 Å². The van der Waals surface area contributed by atoms with E-state index in [0.717, 1.165) is 0 Å². The van der Waals surface area contributed by atoms with E-state index in [-0.39, 0.29) is 0 Å². The molecule has 0 radical (unpaired) electrons. The van der Waals surface area contributed by atoms with E-state index in [9.17, 15) is 10.2 Å². The van der Waals surface area contributed by atoms with Crippen LogP contribution in [-0.4, -0.2) is 44.7 Å². The van der Waals surface area contributed by atoms with E-state index in [0.29, 0.717) is 0 Å². The molecule has 1 aliphatic heterocycles. The largest absolute Gasteiger partial charge is 0.389 e. The summed E-state index contributed by atoms with van der Waals surface area (Å²) in [6.45, 7) is 1.59. The molecule has 0 amide bonds. The lowest BCUT2D eigenvalue weighted by Crippen LogP contribution is -2.54. The molecule has 0 aromatic rings. The number of aliphatic hydroxyl groups excluding tert-OH is 3. The van der Waals surface area contributed by atoms with Gasteiger partial charge in [-0.05, 0) is 6.92 Å². The van der Waals surface area contributed by atoms with Gasteiger partial charge in [0.2, 0.25) is 0 Å². The number of ether oxygens (including phenoxy) is 1. The normalized spacial score (nSPS) is 52.6. The second-order valence-electron chi connectivity index (χ2n) is 2.66. The first-order valence-electron chi connectivity index (χ1n) is 3.37. The molecule has 1 fully saturated rings. The standard InChI is InChI=1S/C6H11BrO4/c1-2-4(8)5(9)3(7)6(10)11-2/h2-6,8-10H,1H3/t2?,3?,4-,5-,6?/m0/s1. The molecular formula is C6H11BrO4. The van der Waals surface area contributed by atoms with E-state index < -0.39 is 29.4 Å². The summed E-state index contributed by atoms with van der Waals surface area (Å²) in [5.74, 6) is 0. The van der Waals surface area contributed by atoms with E-state index in [2.05, 4.69) is 15.9 Å². The lowest BCUT2D eigenvalue weighted by atomic mass is 10.0. The Hall–Kier alpha value is 0.320. The molecule has 0 spiro atoms. The van der Waals surface area contributed by atoms with Crippen LogP contribution in [0, 0.1) is 0 Å². The van der Waals surface area contributed by atoms with E-state index in [1.54, 1.807) is 6.92 Å². The Balaban J connectivity index is 2.63. The highest BCUT2D eigenvalue weighted by molar-refractivity contribution is 9.09. The molecule has 0 aromatic carbocycles. The van der Waals surface area contributed by atoms with Crippen molar-refractivity contribution in [2.45, 2.75) is 36.4 Å². The van der Waals surface area contributed by atoms with Crippen LogP contribution >= 0.6 is 15.9 Å². The summed E-state index contributed by atoms with van der Waals surface area (Å²) in [5.41, 5.74) is 0. The van der Waals surface area contributed by atoms with E-state index >= 15 is 0 Å². The van der Waals surface area contributed by atoms with Crippen molar-refractivity contribution in [2.75, 3.05) is 0 Å². The quantitative estimate of drug-likeness (QED) is 0.474. The predicted octanol–water partition coefficient (Wildman–Crippen LogP) is -0.791. The predicted molar refractivity (Wildman–Crippen MR) is 41.3 cm³/mol. The number of aliphatic hydroxyl groups is 3. The van der Waals surface area contributed by atoms with Crippen LogP contribution in [0.5, 0.6) is 0 Å². The van der Waals surface area contributed by atoms with Crippen LogP contribution in [0.3, 0.4) is 0 Å².